The van der Waals surface area contributed by atoms with Gasteiger partial charge in [-0.25, -0.2) is 9.07 Å². The first-order valence-corrected chi connectivity index (χ1v) is 7.77. The van der Waals surface area contributed by atoms with Crippen LogP contribution in [0.2, 0.25) is 0 Å². The van der Waals surface area contributed by atoms with Crippen molar-refractivity contribution in [3.05, 3.63) is 59.4 Å². The van der Waals surface area contributed by atoms with E-state index in [4.69, 9.17) is 5.11 Å². The van der Waals surface area contributed by atoms with Gasteiger partial charge in [-0.1, -0.05) is 12.1 Å². The molecule has 0 aliphatic rings. The summed E-state index contributed by atoms with van der Waals surface area (Å²) in [5.74, 6) is -0.316. The molecular weight excluding hydrogens is 309 g/mol. The van der Waals surface area contributed by atoms with Crippen molar-refractivity contribution in [1.82, 2.24) is 19.6 Å². The summed E-state index contributed by atoms with van der Waals surface area (Å²) in [5.41, 5.74) is 4.24. The zero-order valence-corrected chi connectivity index (χ0v) is 13.7. The number of anilines is 1. The molecule has 0 aliphatic carbocycles. The maximum absolute atomic E-state index is 13.8. The van der Waals surface area contributed by atoms with Gasteiger partial charge in [-0.15, -0.1) is 0 Å². The highest BCUT2D eigenvalue weighted by Gasteiger charge is 2.12. The Labute approximate surface area is 139 Å². The summed E-state index contributed by atoms with van der Waals surface area (Å²) in [5, 5.41) is 21.0. The van der Waals surface area contributed by atoms with E-state index in [1.165, 1.54) is 10.7 Å². The van der Waals surface area contributed by atoms with Gasteiger partial charge < -0.3 is 10.4 Å². The van der Waals surface area contributed by atoms with E-state index in [0.717, 1.165) is 22.6 Å². The topological polar surface area (TPSA) is 67.9 Å². The summed E-state index contributed by atoms with van der Waals surface area (Å²) in [7, 11) is 0. The molecule has 7 heteroatoms. The number of aliphatic hydroxyl groups excluding tert-OH is 1. The lowest BCUT2D eigenvalue weighted by Crippen LogP contribution is -2.07. The van der Waals surface area contributed by atoms with Crippen LogP contribution < -0.4 is 5.32 Å². The van der Waals surface area contributed by atoms with Crippen molar-refractivity contribution in [1.29, 1.82) is 0 Å². The minimum atomic E-state index is -0.316. The fourth-order valence-corrected chi connectivity index (χ4v) is 2.68. The van der Waals surface area contributed by atoms with Crippen LogP contribution in [-0.4, -0.2) is 31.3 Å². The van der Waals surface area contributed by atoms with Crippen LogP contribution in [0.15, 0.2) is 36.7 Å². The number of aliphatic hydroxyl groups is 1. The second kappa shape index (κ2) is 6.84. The van der Waals surface area contributed by atoms with Crippen molar-refractivity contribution < 1.29 is 9.50 Å². The third-order valence-electron chi connectivity index (χ3n) is 3.99. The van der Waals surface area contributed by atoms with Crippen LogP contribution in [0.5, 0.6) is 0 Å². The Morgan fingerprint density at radius 2 is 2.04 bits per heavy atom. The lowest BCUT2D eigenvalue weighted by Gasteiger charge is -2.05. The highest BCUT2D eigenvalue weighted by molar-refractivity contribution is 5.44. The smallest absolute Gasteiger partial charge is 0.148 e. The zero-order chi connectivity index (χ0) is 17.1. The molecule has 0 radical (unpaired) electrons. The molecule has 0 unspecified atom stereocenters. The molecule has 0 bridgehead atoms. The summed E-state index contributed by atoms with van der Waals surface area (Å²) in [6.07, 6.45) is 3.41. The SMILES string of the molecule is Cc1nn(CCO)c(C)c1CNc1cnn(-c2ccccc2F)c1. The zero-order valence-electron chi connectivity index (χ0n) is 13.7. The monoisotopic (exact) mass is 329 g/mol. The third-order valence-corrected chi connectivity index (χ3v) is 3.99. The average molecular weight is 329 g/mol. The van der Waals surface area contributed by atoms with Gasteiger partial charge >= 0.3 is 0 Å². The Kier molecular flexibility index (Phi) is 4.61. The van der Waals surface area contributed by atoms with E-state index < -0.39 is 0 Å². The molecule has 24 heavy (non-hydrogen) atoms. The third kappa shape index (κ3) is 3.16. The number of aryl methyl sites for hydroxylation is 1. The molecule has 0 fully saturated rings. The molecule has 6 nitrogen and oxygen atoms in total. The number of rotatable bonds is 6. The maximum atomic E-state index is 13.8. The fraction of sp³-hybridized carbons (Fsp3) is 0.294. The largest absolute Gasteiger partial charge is 0.394 e. The Bertz CT molecular complexity index is 839. The van der Waals surface area contributed by atoms with E-state index in [1.54, 1.807) is 35.3 Å². The van der Waals surface area contributed by atoms with Crippen molar-refractivity contribution >= 4 is 5.69 Å². The molecule has 0 atom stereocenters. The first kappa shape index (κ1) is 16.2. The van der Waals surface area contributed by atoms with Crippen LogP contribution >= 0.6 is 0 Å². The minimum Gasteiger partial charge on any atom is -0.394 e. The van der Waals surface area contributed by atoms with E-state index in [0.29, 0.717) is 18.8 Å². The lowest BCUT2D eigenvalue weighted by atomic mass is 10.2. The van der Waals surface area contributed by atoms with Crippen LogP contribution in [0.3, 0.4) is 0 Å². The van der Waals surface area contributed by atoms with Crippen LogP contribution in [-0.2, 0) is 13.1 Å². The number of para-hydroxylation sites is 1. The van der Waals surface area contributed by atoms with Gasteiger partial charge in [0.15, 0.2) is 0 Å². The van der Waals surface area contributed by atoms with Crippen molar-refractivity contribution in [2.24, 2.45) is 0 Å². The number of nitrogens with zero attached hydrogens (tertiary/aromatic N) is 4. The Balaban J connectivity index is 1.74. The predicted molar refractivity (Wildman–Crippen MR) is 89.6 cm³/mol. The van der Waals surface area contributed by atoms with Crippen molar-refractivity contribution in [3.8, 4) is 5.69 Å². The summed E-state index contributed by atoms with van der Waals surface area (Å²) in [6.45, 7) is 5.06. The highest BCUT2D eigenvalue weighted by Crippen LogP contribution is 2.18. The molecule has 0 spiro atoms. The summed E-state index contributed by atoms with van der Waals surface area (Å²) >= 11 is 0. The van der Waals surface area contributed by atoms with Crippen molar-refractivity contribution in [3.63, 3.8) is 0 Å². The van der Waals surface area contributed by atoms with E-state index >= 15 is 0 Å². The Morgan fingerprint density at radius 3 is 2.79 bits per heavy atom. The minimum absolute atomic E-state index is 0.0598. The predicted octanol–water partition coefficient (Wildman–Crippen LogP) is 2.43. The van der Waals surface area contributed by atoms with Gasteiger partial charge in [0.05, 0.1) is 36.9 Å². The normalized spacial score (nSPS) is 11.0. The van der Waals surface area contributed by atoms with Gasteiger partial charge in [0.2, 0.25) is 0 Å². The van der Waals surface area contributed by atoms with E-state index in [-0.39, 0.29) is 12.4 Å². The molecule has 1 aromatic carbocycles. The summed E-state index contributed by atoms with van der Waals surface area (Å²) < 4.78 is 17.1. The van der Waals surface area contributed by atoms with Gasteiger partial charge in [0.1, 0.15) is 11.5 Å². The number of nitrogens with one attached hydrogen (secondary N) is 1. The fourth-order valence-electron chi connectivity index (χ4n) is 2.68. The van der Waals surface area contributed by atoms with Gasteiger partial charge in [-0.05, 0) is 26.0 Å². The Morgan fingerprint density at radius 1 is 1.25 bits per heavy atom. The molecular formula is C17H20FN5O. The number of hydrogen-bond donors (Lipinski definition) is 2. The average Bonchev–Trinajstić information content (AvgIpc) is 3.12. The molecule has 2 N–H and O–H groups in total. The van der Waals surface area contributed by atoms with Gasteiger partial charge in [-0.2, -0.15) is 10.2 Å². The van der Waals surface area contributed by atoms with Crippen LogP contribution in [0.1, 0.15) is 17.0 Å². The molecule has 3 rings (SSSR count). The van der Waals surface area contributed by atoms with E-state index in [9.17, 15) is 4.39 Å². The number of hydrogen-bond acceptors (Lipinski definition) is 4. The van der Waals surface area contributed by atoms with Crippen LogP contribution in [0, 0.1) is 19.7 Å². The molecule has 0 saturated heterocycles. The summed E-state index contributed by atoms with van der Waals surface area (Å²) in [6, 6.07) is 6.51. The highest BCUT2D eigenvalue weighted by atomic mass is 19.1. The van der Waals surface area contributed by atoms with Gasteiger partial charge in [-0.3, -0.25) is 4.68 Å². The maximum Gasteiger partial charge on any atom is 0.148 e. The molecule has 2 aromatic heterocycles. The van der Waals surface area contributed by atoms with Gasteiger partial charge in [0.25, 0.3) is 0 Å². The van der Waals surface area contributed by atoms with Crippen LogP contribution in [0.4, 0.5) is 10.1 Å². The lowest BCUT2D eigenvalue weighted by molar-refractivity contribution is 0.268. The number of aromatic nitrogens is 4. The summed E-state index contributed by atoms with van der Waals surface area (Å²) in [4.78, 5) is 0. The standard InChI is InChI=1S/C17H20FN5O/c1-12-15(13(2)22(21-12)7-8-24)10-19-14-9-20-23(11-14)17-6-4-3-5-16(17)18/h3-6,9,11,19,24H,7-8,10H2,1-2H3. The molecule has 126 valence electrons. The molecule has 0 saturated carbocycles. The van der Waals surface area contributed by atoms with Crippen LogP contribution in [0.25, 0.3) is 5.69 Å². The van der Waals surface area contributed by atoms with E-state index in [2.05, 4.69) is 15.5 Å². The number of benzene rings is 1. The quantitative estimate of drug-likeness (QED) is 0.729. The first-order chi connectivity index (χ1) is 11.6. The van der Waals surface area contributed by atoms with Gasteiger partial charge in [0, 0.05) is 17.8 Å². The van der Waals surface area contributed by atoms with Crippen molar-refractivity contribution in [2.45, 2.75) is 26.9 Å². The molecule has 2 heterocycles. The molecule has 0 aliphatic heterocycles. The number of halogens is 1. The molecule has 0 amide bonds. The Hall–Kier alpha value is -2.67. The first-order valence-electron chi connectivity index (χ1n) is 7.77. The van der Waals surface area contributed by atoms with E-state index in [1.807, 2.05) is 13.8 Å². The van der Waals surface area contributed by atoms with Crippen molar-refractivity contribution in [2.75, 3.05) is 11.9 Å². The molecule has 3 aromatic rings. The second-order valence-electron chi connectivity index (χ2n) is 5.57. The second-order valence-corrected chi connectivity index (χ2v) is 5.57.